The molecule has 0 spiro atoms. The largest absolute Gasteiger partial charge is 0.494 e. The first-order valence-corrected chi connectivity index (χ1v) is 6.40. The van der Waals surface area contributed by atoms with E-state index >= 15 is 0 Å². The van der Waals surface area contributed by atoms with E-state index < -0.39 is 5.41 Å². The summed E-state index contributed by atoms with van der Waals surface area (Å²) in [5, 5.41) is 0. The second kappa shape index (κ2) is 6.01. The summed E-state index contributed by atoms with van der Waals surface area (Å²) in [4.78, 5) is 12.4. The van der Waals surface area contributed by atoms with Crippen LogP contribution in [-0.4, -0.2) is 18.9 Å². The Labute approximate surface area is 109 Å². The number of Topliss-reactive ketones (excluding diaryl/α,β-unsaturated/α-hetero) is 1. The lowest BCUT2D eigenvalue weighted by Gasteiger charge is -2.22. The molecule has 0 saturated carbocycles. The van der Waals surface area contributed by atoms with E-state index in [1.807, 2.05) is 45.9 Å². The van der Waals surface area contributed by atoms with Gasteiger partial charge >= 0.3 is 0 Å². The number of benzene rings is 1. The highest BCUT2D eigenvalue weighted by Crippen LogP contribution is 2.28. The van der Waals surface area contributed by atoms with Gasteiger partial charge in [0.05, 0.1) is 6.61 Å². The van der Waals surface area contributed by atoms with E-state index in [0.29, 0.717) is 19.6 Å². The zero-order chi connectivity index (χ0) is 13.8. The van der Waals surface area contributed by atoms with Crippen molar-refractivity contribution in [3.63, 3.8) is 0 Å². The van der Waals surface area contributed by atoms with E-state index in [0.717, 1.165) is 16.9 Å². The van der Waals surface area contributed by atoms with E-state index in [2.05, 4.69) is 0 Å². The summed E-state index contributed by atoms with van der Waals surface area (Å²) >= 11 is 0. The molecule has 3 heteroatoms. The number of hydrogen-bond donors (Lipinski definition) is 1. The van der Waals surface area contributed by atoms with Crippen LogP contribution in [0, 0.1) is 12.3 Å². The highest BCUT2D eigenvalue weighted by atomic mass is 16.5. The Balaban J connectivity index is 2.97. The summed E-state index contributed by atoms with van der Waals surface area (Å²) in [6.07, 6.45) is 0.693. The lowest BCUT2D eigenvalue weighted by atomic mass is 9.81. The van der Waals surface area contributed by atoms with Crippen LogP contribution >= 0.6 is 0 Å². The van der Waals surface area contributed by atoms with Crippen molar-refractivity contribution in [2.75, 3.05) is 13.2 Å². The Morgan fingerprint density at radius 3 is 2.56 bits per heavy atom. The predicted molar refractivity (Wildman–Crippen MR) is 74.1 cm³/mol. The summed E-state index contributed by atoms with van der Waals surface area (Å²) < 4.78 is 5.47. The Morgan fingerprint density at radius 2 is 2.06 bits per heavy atom. The number of ketones is 1. The van der Waals surface area contributed by atoms with Crippen molar-refractivity contribution < 1.29 is 9.53 Å². The van der Waals surface area contributed by atoms with Crippen molar-refractivity contribution in [3.05, 3.63) is 29.3 Å². The van der Waals surface area contributed by atoms with Gasteiger partial charge in [-0.05, 0) is 50.6 Å². The lowest BCUT2D eigenvalue weighted by Crippen LogP contribution is -2.27. The molecule has 2 N–H and O–H groups in total. The van der Waals surface area contributed by atoms with Crippen LogP contribution in [0.25, 0.3) is 0 Å². The maximum Gasteiger partial charge on any atom is 0.168 e. The molecule has 1 rings (SSSR count). The monoisotopic (exact) mass is 249 g/mol. The minimum absolute atomic E-state index is 0.138. The Kier molecular flexibility index (Phi) is 4.91. The van der Waals surface area contributed by atoms with Crippen LogP contribution in [-0.2, 0) is 0 Å². The van der Waals surface area contributed by atoms with E-state index in [9.17, 15) is 4.79 Å². The van der Waals surface area contributed by atoms with Gasteiger partial charge in [-0.15, -0.1) is 0 Å². The van der Waals surface area contributed by atoms with Gasteiger partial charge in [0.2, 0.25) is 0 Å². The first-order valence-electron chi connectivity index (χ1n) is 6.40. The van der Waals surface area contributed by atoms with Crippen LogP contribution in [0.15, 0.2) is 18.2 Å². The van der Waals surface area contributed by atoms with Gasteiger partial charge in [-0.2, -0.15) is 0 Å². The third kappa shape index (κ3) is 3.33. The third-order valence-electron chi connectivity index (χ3n) is 3.12. The molecule has 0 aliphatic rings. The average molecular weight is 249 g/mol. The molecule has 0 bridgehead atoms. The highest BCUT2D eigenvalue weighted by Gasteiger charge is 2.27. The number of nitrogens with two attached hydrogens (primary N) is 1. The lowest BCUT2D eigenvalue weighted by molar-refractivity contribution is 0.0829. The van der Waals surface area contributed by atoms with Crippen LogP contribution in [0.4, 0.5) is 0 Å². The predicted octanol–water partition coefficient (Wildman–Crippen LogP) is 2.95. The second-order valence-electron chi connectivity index (χ2n) is 5.16. The first-order chi connectivity index (χ1) is 8.42. The van der Waals surface area contributed by atoms with Crippen LogP contribution in [0.1, 0.15) is 43.1 Å². The molecule has 100 valence electrons. The van der Waals surface area contributed by atoms with Crippen molar-refractivity contribution in [1.29, 1.82) is 0 Å². The van der Waals surface area contributed by atoms with E-state index in [4.69, 9.17) is 10.5 Å². The third-order valence-corrected chi connectivity index (χ3v) is 3.12. The molecule has 0 unspecified atom stereocenters. The van der Waals surface area contributed by atoms with Crippen molar-refractivity contribution in [2.24, 2.45) is 11.1 Å². The van der Waals surface area contributed by atoms with Gasteiger partial charge in [-0.3, -0.25) is 4.79 Å². The topological polar surface area (TPSA) is 52.3 Å². The fraction of sp³-hybridized carbons (Fsp3) is 0.533. The second-order valence-corrected chi connectivity index (χ2v) is 5.16. The maximum absolute atomic E-state index is 12.4. The van der Waals surface area contributed by atoms with E-state index in [-0.39, 0.29) is 5.78 Å². The fourth-order valence-corrected chi connectivity index (χ4v) is 1.97. The van der Waals surface area contributed by atoms with E-state index in [1.165, 1.54) is 0 Å². The zero-order valence-electron chi connectivity index (χ0n) is 11.7. The van der Waals surface area contributed by atoms with Crippen LogP contribution < -0.4 is 10.5 Å². The number of ether oxygens (including phenoxy) is 1. The molecular formula is C15H23NO2. The minimum atomic E-state index is -0.408. The number of hydrogen-bond acceptors (Lipinski definition) is 3. The molecule has 1 aromatic rings. The Hall–Kier alpha value is -1.35. The fourth-order valence-electron chi connectivity index (χ4n) is 1.97. The summed E-state index contributed by atoms with van der Waals surface area (Å²) in [5.74, 6) is 0.977. The summed E-state index contributed by atoms with van der Waals surface area (Å²) in [6, 6.07) is 5.59. The summed E-state index contributed by atoms with van der Waals surface area (Å²) in [6.45, 7) is 8.93. The van der Waals surface area contributed by atoms with Gasteiger partial charge in [0, 0.05) is 11.0 Å². The SMILES string of the molecule is CCOc1ccc(C(=O)C(C)(C)CCN)cc1C. The molecule has 0 heterocycles. The molecule has 0 atom stereocenters. The Morgan fingerprint density at radius 1 is 1.39 bits per heavy atom. The smallest absolute Gasteiger partial charge is 0.168 e. The summed E-state index contributed by atoms with van der Waals surface area (Å²) in [5.41, 5.74) is 6.87. The molecular weight excluding hydrogens is 226 g/mol. The molecule has 0 saturated heterocycles. The zero-order valence-corrected chi connectivity index (χ0v) is 11.7. The van der Waals surface area contributed by atoms with Crippen LogP contribution in [0.5, 0.6) is 5.75 Å². The molecule has 18 heavy (non-hydrogen) atoms. The van der Waals surface area contributed by atoms with Crippen LogP contribution in [0.2, 0.25) is 0 Å². The standard InChI is InChI=1S/C15H23NO2/c1-5-18-13-7-6-12(10-11(13)2)14(17)15(3,4)8-9-16/h6-7,10H,5,8-9,16H2,1-4H3. The van der Waals surface area contributed by atoms with Gasteiger partial charge in [0.25, 0.3) is 0 Å². The van der Waals surface area contributed by atoms with Gasteiger partial charge in [0.1, 0.15) is 5.75 Å². The number of aryl methyl sites for hydroxylation is 1. The van der Waals surface area contributed by atoms with Crippen molar-refractivity contribution in [2.45, 2.75) is 34.1 Å². The number of carbonyl (C=O) groups is 1. The van der Waals surface area contributed by atoms with Gasteiger partial charge < -0.3 is 10.5 Å². The molecule has 0 fully saturated rings. The maximum atomic E-state index is 12.4. The number of rotatable bonds is 6. The first kappa shape index (κ1) is 14.7. The average Bonchev–Trinajstić information content (AvgIpc) is 2.31. The molecule has 0 aliphatic carbocycles. The van der Waals surface area contributed by atoms with Gasteiger partial charge in [0.15, 0.2) is 5.78 Å². The quantitative estimate of drug-likeness (QED) is 0.789. The van der Waals surface area contributed by atoms with Gasteiger partial charge in [-0.25, -0.2) is 0 Å². The molecule has 0 aliphatic heterocycles. The normalized spacial score (nSPS) is 11.4. The summed E-state index contributed by atoms with van der Waals surface area (Å²) in [7, 11) is 0. The van der Waals surface area contributed by atoms with Crippen molar-refractivity contribution in [1.82, 2.24) is 0 Å². The van der Waals surface area contributed by atoms with Crippen molar-refractivity contribution >= 4 is 5.78 Å². The molecule has 0 aromatic heterocycles. The van der Waals surface area contributed by atoms with Crippen LogP contribution in [0.3, 0.4) is 0 Å². The Bertz CT molecular complexity index is 425. The minimum Gasteiger partial charge on any atom is -0.494 e. The van der Waals surface area contributed by atoms with E-state index in [1.54, 1.807) is 0 Å². The van der Waals surface area contributed by atoms with Crippen molar-refractivity contribution in [3.8, 4) is 5.75 Å². The highest BCUT2D eigenvalue weighted by molar-refractivity contribution is 6.00. The number of carbonyl (C=O) groups excluding carboxylic acids is 1. The molecule has 3 nitrogen and oxygen atoms in total. The molecule has 0 radical (unpaired) electrons. The molecule has 1 aromatic carbocycles. The van der Waals surface area contributed by atoms with Gasteiger partial charge in [-0.1, -0.05) is 13.8 Å². The molecule has 0 amide bonds.